The summed E-state index contributed by atoms with van der Waals surface area (Å²) in [6.45, 7) is 8.49. The molecule has 1 heterocycles. The van der Waals surface area contributed by atoms with E-state index in [9.17, 15) is 5.11 Å². The fourth-order valence-corrected chi connectivity index (χ4v) is 2.31. The van der Waals surface area contributed by atoms with Crippen LogP contribution in [-0.2, 0) is 12.8 Å². The van der Waals surface area contributed by atoms with Crippen LogP contribution >= 0.6 is 0 Å². The highest BCUT2D eigenvalue weighted by molar-refractivity contribution is 5.11. The molecule has 0 aliphatic rings. The fraction of sp³-hybridized carbons (Fsp3) is 0.786. The Morgan fingerprint density at radius 3 is 2.41 bits per heavy atom. The van der Waals surface area contributed by atoms with Crippen molar-refractivity contribution in [3.63, 3.8) is 0 Å². The molecule has 0 fully saturated rings. The summed E-state index contributed by atoms with van der Waals surface area (Å²) in [5.74, 6) is 0. The average molecular weight is 238 g/mol. The predicted octanol–water partition coefficient (Wildman–Crippen LogP) is 3.12. The van der Waals surface area contributed by atoms with Crippen LogP contribution in [0.3, 0.4) is 0 Å². The van der Waals surface area contributed by atoms with E-state index in [0.717, 1.165) is 37.8 Å². The molecule has 3 heteroatoms. The smallest absolute Gasteiger partial charge is 0.0778 e. The summed E-state index contributed by atoms with van der Waals surface area (Å²) >= 11 is 0. The highest BCUT2D eigenvalue weighted by Crippen LogP contribution is 2.22. The summed E-state index contributed by atoms with van der Waals surface area (Å²) in [5.41, 5.74) is 2.37. The number of aliphatic hydroxyl groups excluding tert-OH is 1. The average Bonchev–Trinajstić information content (AvgIpc) is 2.73. The minimum Gasteiger partial charge on any atom is -0.391 e. The zero-order valence-corrected chi connectivity index (χ0v) is 11.6. The molecule has 0 bridgehead atoms. The Morgan fingerprint density at radius 2 is 1.94 bits per heavy atom. The quantitative estimate of drug-likeness (QED) is 0.792. The summed E-state index contributed by atoms with van der Waals surface area (Å²) in [4.78, 5) is 0. The second-order valence-corrected chi connectivity index (χ2v) is 4.61. The first-order valence-corrected chi connectivity index (χ1v) is 6.93. The van der Waals surface area contributed by atoms with Gasteiger partial charge in [0.05, 0.1) is 17.8 Å². The van der Waals surface area contributed by atoms with E-state index in [1.165, 1.54) is 5.69 Å². The second kappa shape index (κ2) is 6.80. The van der Waals surface area contributed by atoms with Crippen molar-refractivity contribution in [1.29, 1.82) is 0 Å². The molecule has 2 atom stereocenters. The lowest BCUT2D eigenvalue weighted by Crippen LogP contribution is -2.26. The fourth-order valence-electron chi connectivity index (χ4n) is 2.31. The highest BCUT2D eigenvalue weighted by Gasteiger charge is 2.21. The minimum atomic E-state index is -0.278. The van der Waals surface area contributed by atoms with E-state index in [4.69, 9.17) is 0 Å². The first-order valence-electron chi connectivity index (χ1n) is 6.93. The first kappa shape index (κ1) is 14.2. The lowest BCUT2D eigenvalue weighted by atomic mass is 10.0. The molecule has 1 N–H and O–H groups in total. The lowest BCUT2D eigenvalue weighted by molar-refractivity contribution is 0.0925. The number of rotatable bonds is 7. The Labute approximate surface area is 105 Å². The van der Waals surface area contributed by atoms with Crippen molar-refractivity contribution in [3.8, 4) is 0 Å². The maximum absolute atomic E-state index is 10.2. The maximum atomic E-state index is 10.2. The molecule has 1 aromatic heterocycles. The van der Waals surface area contributed by atoms with Gasteiger partial charge < -0.3 is 5.11 Å². The van der Waals surface area contributed by atoms with Crippen LogP contribution in [0, 0.1) is 0 Å². The van der Waals surface area contributed by atoms with Crippen molar-refractivity contribution in [2.45, 2.75) is 71.9 Å². The lowest BCUT2D eigenvalue weighted by Gasteiger charge is -2.23. The van der Waals surface area contributed by atoms with Crippen LogP contribution in [0.25, 0.3) is 0 Å². The molecular formula is C14H26N2O. The Balaban J connectivity index is 2.97. The Hall–Kier alpha value is -0.830. The SMILES string of the molecule is CCCC(O)C(CC)n1nc(CC)cc1CC. The predicted molar refractivity (Wildman–Crippen MR) is 71.2 cm³/mol. The van der Waals surface area contributed by atoms with E-state index in [0.29, 0.717) is 0 Å². The van der Waals surface area contributed by atoms with Crippen molar-refractivity contribution in [2.75, 3.05) is 0 Å². The van der Waals surface area contributed by atoms with Gasteiger partial charge in [0.15, 0.2) is 0 Å². The van der Waals surface area contributed by atoms with Gasteiger partial charge >= 0.3 is 0 Å². The van der Waals surface area contributed by atoms with Gasteiger partial charge in [0, 0.05) is 5.69 Å². The van der Waals surface area contributed by atoms with Crippen molar-refractivity contribution < 1.29 is 5.11 Å². The third-order valence-electron chi connectivity index (χ3n) is 3.35. The van der Waals surface area contributed by atoms with Gasteiger partial charge in [-0.25, -0.2) is 0 Å². The molecule has 0 aliphatic heterocycles. The summed E-state index contributed by atoms with van der Waals surface area (Å²) in [6.07, 6.45) is 4.45. The normalized spacial score (nSPS) is 14.9. The molecule has 2 unspecified atom stereocenters. The van der Waals surface area contributed by atoms with E-state index in [1.54, 1.807) is 0 Å². The van der Waals surface area contributed by atoms with E-state index >= 15 is 0 Å². The molecule has 1 aromatic rings. The largest absolute Gasteiger partial charge is 0.391 e. The number of nitrogens with zero attached hydrogens (tertiary/aromatic N) is 2. The Kier molecular flexibility index (Phi) is 5.69. The van der Waals surface area contributed by atoms with E-state index < -0.39 is 0 Å². The topological polar surface area (TPSA) is 38.0 Å². The summed E-state index contributed by atoms with van der Waals surface area (Å²) in [6, 6.07) is 2.30. The van der Waals surface area contributed by atoms with Crippen LogP contribution in [0.1, 0.15) is 64.4 Å². The Bertz CT molecular complexity index is 333. The van der Waals surface area contributed by atoms with Crippen molar-refractivity contribution in [2.24, 2.45) is 0 Å². The molecule has 0 aliphatic carbocycles. The number of hydrogen-bond donors (Lipinski definition) is 1. The van der Waals surface area contributed by atoms with Crippen LogP contribution < -0.4 is 0 Å². The molecule has 17 heavy (non-hydrogen) atoms. The van der Waals surface area contributed by atoms with E-state index in [-0.39, 0.29) is 12.1 Å². The monoisotopic (exact) mass is 238 g/mol. The van der Waals surface area contributed by atoms with Crippen molar-refractivity contribution in [3.05, 3.63) is 17.5 Å². The second-order valence-electron chi connectivity index (χ2n) is 4.61. The van der Waals surface area contributed by atoms with Crippen molar-refractivity contribution >= 4 is 0 Å². The number of aryl methyl sites for hydroxylation is 2. The standard InChI is InChI=1S/C14H26N2O/c1-5-9-14(17)13(8-4)16-12(7-3)10-11(6-2)15-16/h10,13-14,17H,5-9H2,1-4H3. The summed E-state index contributed by atoms with van der Waals surface area (Å²) in [7, 11) is 0. The molecule has 0 amide bonds. The van der Waals surface area contributed by atoms with E-state index in [2.05, 4.69) is 43.5 Å². The third kappa shape index (κ3) is 3.32. The molecule has 0 spiro atoms. The number of aliphatic hydroxyl groups is 1. The molecule has 1 rings (SSSR count). The summed E-state index contributed by atoms with van der Waals surface area (Å²) < 4.78 is 2.05. The van der Waals surface area contributed by atoms with Crippen LogP contribution in [0.15, 0.2) is 6.07 Å². The zero-order valence-electron chi connectivity index (χ0n) is 11.6. The van der Waals surface area contributed by atoms with Gasteiger partial charge in [-0.15, -0.1) is 0 Å². The maximum Gasteiger partial charge on any atom is 0.0778 e. The van der Waals surface area contributed by atoms with Gasteiger partial charge in [0.1, 0.15) is 0 Å². The van der Waals surface area contributed by atoms with Gasteiger partial charge in [-0.3, -0.25) is 4.68 Å². The molecule has 0 radical (unpaired) electrons. The van der Waals surface area contributed by atoms with Crippen molar-refractivity contribution in [1.82, 2.24) is 9.78 Å². The third-order valence-corrected chi connectivity index (χ3v) is 3.35. The molecule has 3 nitrogen and oxygen atoms in total. The van der Waals surface area contributed by atoms with Gasteiger partial charge in [0.2, 0.25) is 0 Å². The molecule has 98 valence electrons. The number of aromatic nitrogens is 2. The summed E-state index contributed by atoms with van der Waals surface area (Å²) in [5, 5.41) is 14.8. The van der Waals surface area contributed by atoms with Crippen LogP contribution in [-0.4, -0.2) is 21.0 Å². The van der Waals surface area contributed by atoms with Crippen LogP contribution in [0.5, 0.6) is 0 Å². The first-order chi connectivity index (χ1) is 8.17. The van der Waals surface area contributed by atoms with Gasteiger partial charge in [-0.2, -0.15) is 5.10 Å². The van der Waals surface area contributed by atoms with E-state index in [1.807, 2.05) is 0 Å². The molecule has 0 saturated carbocycles. The van der Waals surface area contributed by atoms with Gasteiger partial charge in [-0.1, -0.05) is 34.1 Å². The molecular weight excluding hydrogens is 212 g/mol. The zero-order chi connectivity index (χ0) is 12.8. The van der Waals surface area contributed by atoms with Crippen LogP contribution in [0.2, 0.25) is 0 Å². The molecule has 0 aromatic carbocycles. The highest BCUT2D eigenvalue weighted by atomic mass is 16.3. The van der Waals surface area contributed by atoms with Crippen LogP contribution in [0.4, 0.5) is 0 Å². The van der Waals surface area contributed by atoms with Gasteiger partial charge in [-0.05, 0) is 31.7 Å². The minimum absolute atomic E-state index is 0.130. The number of hydrogen-bond acceptors (Lipinski definition) is 2. The Morgan fingerprint density at radius 1 is 1.24 bits per heavy atom. The van der Waals surface area contributed by atoms with Gasteiger partial charge in [0.25, 0.3) is 0 Å². The molecule has 0 saturated heterocycles.